The predicted molar refractivity (Wildman–Crippen MR) is 112 cm³/mol. The molecule has 1 aromatic heterocycles. The molecule has 6 heteroatoms. The van der Waals surface area contributed by atoms with Crippen LogP contribution in [0.3, 0.4) is 0 Å². The van der Waals surface area contributed by atoms with Crippen LogP contribution in [0.4, 0.5) is 5.13 Å². The molecule has 27 heavy (non-hydrogen) atoms. The Balaban J connectivity index is 1.91. The number of thiazole rings is 1. The molecular formula is C21H25N3O2S. The van der Waals surface area contributed by atoms with Crippen molar-refractivity contribution >= 4 is 32.6 Å². The van der Waals surface area contributed by atoms with Gasteiger partial charge in [-0.05, 0) is 64.3 Å². The SMILES string of the molecule is CCOc1ccc2nc(N(CCCN(C)C)C(=O)c3ccccc3)sc2c1. The molecule has 0 spiro atoms. The van der Waals surface area contributed by atoms with Crippen molar-refractivity contribution < 1.29 is 9.53 Å². The van der Waals surface area contributed by atoms with E-state index >= 15 is 0 Å². The van der Waals surface area contributed by atoms with E-state index < -0.39 is 0 Å². The van der Waals surface area contributed by atoms with Crippen LogP contribution in [0.1, 0.15) is 23.7 Å². The van der Waals surface area contributed by atoms with Gasteiger partial charge in [0, 0.05) is 12.1 Å². The number of nitrogens with zero attached hydrogens (tertiary/aromatic N) is 3. The molecule has 1 heterocycles. The van der Waals surface area contributed by atoms with Crippen molar-refractivity contribution in [2.75, 3.05) is 38.7 Å². The number of carbonyl (C=O) groups excluding carboxylic acids is 1. The Kier molecular flexibility index (Phi) is 6.42. The molecule has 0 atom stereocenters. The van der Waals surface area contributed by atoms with Crippen LogP contribution in [0, 0.1) is 0 Å². The Bertz CT molecular complexity index is 893. The topological polar surface area (TPSA) is 45.7 Å². The summed E-state index contributed by atoms with van der Waals surface area (Å²) in [6.45, 7) is 4.13. The van der Waals surface area contributed by atoms with Crippen molar-refractivity contribution in [3.8, 4) is 5.75 Å². The summed E-state index contributed by atoms with van der Waals surface area (Å²) in [7, 11) is 4.08. The first kappa shape index (κ1) is 19.3. The van der Waals surface area contributed by atoms with Gasteiger partial charge in [0.2, 0.25) is 0 Å². The van der Waals surface area contributed by atoms with Crippen LogP contribution in [0.2, 0.25) is 0 Å². The fourth-order valence-electron chi connectivity index (χ4n) is 2.83. The molecule has 1 amide bonds. The Labute approximate surface area is 164 Å². The van der Waals surface area contributed by atoms with Crippen LogP contribution in [-0.2, 0) is 0 Å². The van der Waals surface area contributed by atoms with Gasteiger partial charge in [0.1, 0.15) is 5.75 Å². The molecule has 142 valence electrons. The van der Waals surface area contributed by atoms with E-state index in [9.17, 15) is 4.79 Å². The number of anilines is 1. The first-order valence-electron chi connectivity index (χ1n) is 9.13. The summed E-state index contributed by atoms with van der Waals surface area (Å²) in [4.78, 5) is 21.8. The van der Waals surface area contributed by atoms with E-state index in [1.54, 1.807) is 4.90 Å². The van der Waals surface area contributed by atoms with Crippen molar-refractivity contribution in [1.82, 2.24) is 9.88 Å². The first-order valence-corrected chi connectivity index (χ1v) is 9.95. The summed E-state index contributed by atoms with van der Waals surface area (Å²) in [5.41, 5.74) is 1.56. The van der Waals surface area contributed by atoms with Gasteiger partial charge in [0.05, 0.1) is 16.8 Å². The van der Waals surface area contributed by atoms with Gasteiger partial charge in [-0.25, -0.2) is 4.98 Å². The van der Waals surface area contributed by atoms with Crippen LogP contribution in [0.25, 0.3) is 10.2 Å². The van der Waals surface area contributed by atoms with Crippen LogP contribution in [0.5, 0.6) is 5.75 Å². The number of amides is 1. The third kappa shape index (κ3) is 4.84. The van der Waals surface area contributed by atoms with E-state index in [-0.39, 0.29) is 5.91 Å². The maximum absolute atomic E-state index is 13.1. The molecule has 0 bridgehead atoms. The largest absolute Gasteiger partial charge is 0.494 e. The summed E-state index contributed by atoms with van der Waals surface area (Å²) >= 11 is 1.53. The smallest absolute Gasteiger partial charge is 0.260 e. The number of rotatable bonds is 8. The zero-order valence-corrected chi connectivity index (χ0v) is 16.8. The quantitative estimate of drug-likeness (QED) is 0.582. The second-order valence-corrected chi connectivity index (χ2v) is 7.55. The first-order chi connectivity index (χ1) is 13.1. The molecule has 0 saturated heterocycles. The highest BCUT2D eigenvalue weighted by atomic mass is 32.1. The van der Waals surface area contributed by atoms with Crippen molar-refractivity contribution in [2.24, 2.45) is 0 Å². The molecular weight excluding hydrogens is 358 g/mol. The monoisotopic (exact) mass is 383 g/mol. The molecule has 0 aliphatic heterocycles. The van der Waals surface area contributed by atoms with Gasteiger partial charge in [-0.1, -0.05) is 29.5 Å². The molecule has 0 fully saturated rings. The maximum Gasteiger partial charge on any atom is 0.260 e. The number of aromatic nitrogens is 1. The Hall–Kier alpha value is -2.44. The third-order valence-electron chi connectivity index (χ3n) is 4.14. The van der Waals surface area contributed by atoms with Crippen LogP contribution >= 0.6 is 11.3 Å². The van der Waals surface area contributed by atoms with E-state index in [0.29, 0.717) is 18.7 Å². The Morgan fingerprint density at radius 2 is 1.89 bits per heavy atom. The average molecular weight is 384 g/mol. The van der Waals surface area contributed by atoms with Crippen LogP contribution in [0.15, 0.2) is 48.5 Å². The van der Waals surface area contributed by atoms with Crippen molar-refractivity contribution in [3.63, 3.8) is 0 Å². The van der Waals surface area contributed by atoms with E-state index in [0.717, 1.165) is 34.1 Å². The highest BCUT2D eigenvalue weighted by molar-refractivity contribution is 7.22. The fraction of sp³-hybridized carbons (Fsp3) is 0.333. The molecule has 0 aliphatic carbocycles. The normalized spacial score (nSPS) is 11.1. The fourth-order valence-corrected chi connectivity index (χ4v) is 3.85. The highest BCUT2D eigenvalue weighted by Crippen LogP contribution is 2.32. The second kappa shape index (κ2) is 8.97. The highest BCUT2D eigenvalue weighted by Gasteiger charge is 2.21. The molecule has 0 saturated carbocycles. The van der Waals surface area contributed by atoms with Crippen molar-refractivity contribution in [2.45, 2.75) is 13.3 Å². The lowest BCUT2D eigenvalue weighted by molar-refractivity contribution is 0.0986. The van der Waals surface area contributed by atoms with Gasteiger partial charge in [-0.15, -0.1) is 0 Å². The third-order valence-corrected chi connectivity index (χ3v) is 5.18. The zero-order chi connectivity index (χ0) is 19.2. The van der Waals surface area contributed by atoms with Crippen molar-refractivity contribution in [3.05, 3.63) is 54.1 Å². The molecule has 3 aromatic rings. The second-order valence-electron chi connectivity index (χ2n) is 6.54. The van der Waals surface area contributed by atoms with Gasteiger partial charge < -0.3 is 9.64 Å². The van der Waals surface area contributed by atoms with Crippen LogP contribution in [-0.4, -0.2) is 49.6 Å². The summed E-state index contributed by atoms with van der Waals surface area (Å²) in [6, 6.07) is 15.3. The van der Waals surface area contributed by atoms with Gasteiger partial charge in [-0.3, -0.25) is 9.69 Å². The average Bonchev–Trinajstić information content (AvgIpc) is 3.08. The standard InChI is InChI=1S/C21H25N3O2S/c1-4-26-17-11-12-18-19(15-17)27-21(22-18)24(14-8-13-23(2)3)20(25)16-9-6-5-7-10-16/h5-7,9-12,15H,4,8,13-14H2,1-3H3. The molecule has 3 rings (SSSR count). The Morgan fingerprint density at radius 1 is 1.11 bits per heavy atom. The summed E-state index contributed by atoms with van der Waals surface area (Å²) < 4.78 is 6.61. The minimum Gasteiger partial charge on any atom is -0.494 e. The number of carbonyl (C=O) groups is 1. The lowest BCUT2D eigenvalue weighted by Gasteiger charge is -2.21. The van der Waals surface area contributed by atoms with E-state index in [2.05, 4.69) is 4.90 Å². The number of hydrogen-bond donors (Lipinski definition) is 0. The predicted octanol–water partition coefficient (Wildman–Crippen LogP) is 4.29. The molecule has 0 N–H and O–H groups in total. The number of fused-ring (bicyclic) bond motifs is 1. The Morgan fingerprint density at radius 3 is 2.59 bits per heavy atom. The summed E-state index contributed by atoms with van der Waals surface area (Å²) in [6.07, 6.45) is 0.881. The molecule has 2 aromatic carbocycles. The minimum atomic E-state index is -0.0153. The van der Waals surface area contributed by atoms with Gasteiger partial charge >= 0.3 is 0 Å². The lowest BCUT2D eigenvalue weighted by Crippen LogP contribution is -2.33. The molecule has 5 nitrogen and oxygen atoms in total. The number of benzene rings is 2. The van der Waals surface area contributed by atoms with Crippen molar-refractivity contribution in [1.29, 1.82) is 0 Å². The van der Waals surface area contributed by atoms with Gasteiger partial charge in [0.15, 0.2) is 5.13 Å². The number of ether oxygens (including phenoxy) is 1. The number of hydrogen-bond acceptors (Lipinski definition) is 5. The summed E-state index contributed by atoms with van der Waals surface area (Å²) in [5, 5.41) is 0.728. The van der Waals surface area contributed by atoms with E-state index in [1.165, 1.54) is 11.3 Å². The zero-order valence-electron chi connectivity index (χ0n) is 16.0. The summed E-state index contributed by atoms with van der Waals surface area (Å²) in [5.74, 6) is 0.812. The maximum atomic E-state index is 13.1. The molecule has 0 radical (unpaired) electrons. The molecule has 0 aliphatic rings. The van der Waals surface area contributed by atoms with E-state index in [4.69, 9.17) is 9.72 Å². The lowest BCUT2D eigenvalue weighted by atomic mass is 10.2. The van der Waals surface area contributed by atoms with Gasteiger partial charge in [-0.2, -0.15) is 0 Å². The minimum absolute atomic E-state index is 0.0153. The molecule has 0 unspecified atom stereocenters. The van der Waals surface area contributed by atoms with Crippen LogP contribution < -0.4 is 9.64 Å². The van der Waals surface area contributed by atoms with Gasteiger partial charge in [0.25, 0.3) is 5.91 Å². The van der Waals surface area contributed by atoms with E-state index in [1.807, 2.05) is 69.6 Å².